The van der Waals surface area contributed by atoms with Gasteiger partial charge in [0.1, 0.15) is 44.7 Å². The van der Waals surface area contributed by atoms with Crippen LogP contribution in [0.25, 0.3) is 204 Å². The molecule has 5 aromatic heterocycles. The van der Waals surface area contributed by atoms with Crippen LogP contribution in [-0.2, 0) is 0 Å². The minimum atomic E-state index is -0.341. The highest BCUT2D eigenvalue weighted by Crippen LogP contribution is 2.52. The molecule has 19 aromatic carbocycles. The Bertz CT molecular complexity index is 8020. The van der Waals surface area contributed by atoms with Crippen LogP contribution < -0.4 is 26.2 Å². The lowest BCUT2D eigenvalue weighted by Gasteiger charge is -2.45. The fourth-order valence-electron chi connectivity index (χ4n) is 20.7. The molecule has 0 bridgehead atoms. The first-order chi connectivity index (χ1) is 60.5. The number of anilines is 6. The summed E-state index contributed by atoms with van der Waals surface area (Å²) in [6.07, 6.45) is 0. The Morgan fingerprint density at radius 2 is 0.443 bits per heavy atom. The van der Waals surface area contributed by atoms with Crippen molar-refractivity contribution in [2.24, 2.45) is 0 Å². The van der Waals surface area contributed by atoms with Crippen molar-refractivity contribution in [2.75, 3.05) is 9.80 Å². The van der Waals surface area contributed by atoms with E-state index >= 15 is 0 Å². The number of rotatable bonds is 11. The van der Waals surface area contributed by atoms with Gasteiger partial charge in [0.25, 0.3) is 6.71 Å². The van der Waals surface area contributed by atoms with Crippen LogP contribution in [0.3, 0.4) is 0 Å². The average molecular weight is 1550 g/mol. The van der Waals surface area contributed by atoms with E-state index in [4.69, 9.17) is 17.7 Å². The monoisotopic (exact) mass is 1550 g/mol. The van der Waals surface area contributed by atoms with E-state index in [2.05, 4.69) is 415 Å². The highest BCUT2D eigenvalue weighted by atomic mass is 16.3. The summed E-state index contributed by atoms with van der Waals surface area (Å²) in [6, 6.07) is 151. The molecule has 0 unspecified atom stereocenters. The summed E-state index contributed by atoms with van der Waals surface area (Å²) in [5.41, 5.74) is 37.9. The molecule has 0 radical (unpaired) electrons. The molecule has 7 heterocycles. The number of hydrogen-bond acceptors (Lipinski definition) is 6. The SMILES string of the molecule is c1ccc(-c2cccc3oc4ccccc4c23)c(-c2ccc(N3c4ccc(-c5ccccc5-c5cccc6oc7ccccc7c56)cc4B4c5cc(-c6ccccc6-c6cccc7oc8ccccc8c67)ccc5N(c5ccc(-c6ccccc6-c6cccc7oc8ccccc8c67)cc5)c5cc(-n6c7ccccc7c7ccccc76)cc3c54)cc2)c1. The highest BCUT2D eigenvalue weighted by Gasteiger charge is 2.45. The van der Waals surface area contributed by atoms with Gasteiger partial charge >= 0.3 is 0 Å². The van der Waals surface area contributed by atoms with E-state index in [1.54, 1.807) is 0 Å². The lowest BCUT2D eigenvalue weighted by Crippen LogP contribution is -2.61. The fourth-order valence-corrected chi connectivity index (χ4v) is 20.7. The van der Waals surface area contributed by atoms with Crippen LogP contribution in [0, 0.1) is 0 Å². The molecule has 0 spiro atoms. The van der Waals surface area contributed by atoms with Crippen molar-refractivity contribution in [1.29, 1.82) is 0 Å². The van der Waals surface area contributed by atoms with Gasteiger partial charge in [-0.15, -0.1) is 0 Å². The highest BCUT2D eigenvalue weighted by molar-refractivity contribution is 7.00. The van der Waals surface area contributed by atoms with Crippen molar-refractivity contribution in [2.45, 2.75) is 0 Å². The van der Waals surface area contributed by atoms with Gasteiger partial charge in [-0.3, -0.25) is 0 Å². The van der Waals surface area contributed by atoms with Gasteiger partial charge in [-0.1, -0.05) is 303 Å². The third-order valence-corrected chi connectivity index (χ3v) is 25.9. The average Bonchev–Trinajstić information content (AvgIpc) is 0.710. The Kier molecular flexibility index (Phi) is 14.9. The second-order valence-corrected chi connectivity index (χ2v) is 32.3. The number of furan rings is 4. The Balaban J connectivity index is 0.739. The number of nitrogens with zero attached hydrogens (tertiary/aromatic N) is 3. The normalized spacial score (nSPS) is 12.5. The minimum Gasteiger partial charge on any atom is -0.456 e. The second kappa shape index (κ2) is 26.7. The molecule has 0 fully saturated rings. The number of aromatic nitrogens is 1. The Labute approximate surface area is 701 Å². The summed E-state index contributed by atoms with van der Waals surface area (Å²) < 4.78 is 28.9. The zero-order valence-electron chi connectivity index (χ0n) is 65.8. The zero-order chi connectivity index (χ0) is 79.8. The summed E-state index contributed by atoms with van der Waals surface area (Å²) in [4.78, 5) is 5.15. The van der Waals surface area contributed by atoms with E-state index in [9.17, 15) is 0 Å². The van der Waals surface area contributed by atoms with Crippen molar-refractivity contribution in [1.82, 2.24) is 4.57 Å². The molecule has 8 heteroatoms. The van der Waals surface area contributed by atoms with Crippen molar-refractivity contribution in [3.63, 3.8) is 0 Å². The van der Waals surface area contributed by atoms with Crippen molar-refractivity contribution < 1.29 is 17.7 Å². The molecule has 566 valence electrons. The van der Waals surface area contributed by atoms with Gasteiger partial charge in [0, 0.05) is 88.0 Å². The van der Waals surface area contributed by atoms with E-state index in [1.165, 1.54) is 27.2 Å². The molecule has 24 aromatic rings. The maximum Gasteiger partial charge on any atom is 0.252 e. The standard InChI is InChI=1S/C114H68BN3O4/c1-5-29-80(86-39-21-49-106-110(86)90-35-11-17-45-102(90)119-106)76(25-1)69-53-59-73(60-54-69)116-98-63-57-71(78-27-3-7-31-82(78)88-41-23-51-108-112(88)92-37-13-19-47-104(92)121-108)65-94(98)115-95-66-72(79-28-4-8-32-83(79)89-42-24-52-109-113(89)93-38-14-20-48-105(93)122-109)58-64-99(95)117(101-68-75(67-100(116)114(101)115)118-96-43-15-9-33-84(96)85-34-10-16-44-97(85)118)74-61-55-70(56-62-74)77-26-2-6-30-81(77)87-40-22-50-107-111(87)91-36-12-18-46-103(91)120-107/h1-68H. The lowest BCUT2D eigenvalue weighted by atomic mass is 9.33. The summed E-state index contributed by atoms with van der Waals surface area (Å²) in [5.74, 6) is 0. The summed E-state index contributed by atoms with van der Waals surface area (Å²) in [7, 11) is 0. The molecular formula is C114H68BN3O4. The van der Waals surface area contributed by atoms with Crippen LogP contribution in [0.2, 0.25) is 0 Å². The van der Waals surface area contributed by atoms with Gasteiger partial charge in [-0.05, 0) is 215 Å². The summed E-state index contributed by atoms with van der Waals surface area (Å²) in [6.45, 7) is -0.341. The molecule has 0 saturated heterocycles. The van der Waals surface area contributed by atoms with Gasteiger partial charge in [0.05, 0.1) is 16.7 Å². The van der Waals surface area contributed by atoms with E-state index in [1.807, 2.05) is 12.1 Å². The maximum atomic E-state index is 6.65. The minimum absolute atomic E-state index is 0.341. The third kappa shape index (κ3) is 10.2. The fraction of sp³-hybridized carbons (Fsp3) is 0. The molecule has 0 N–H and O–H groups in total. The Morgan fingerprint density at radius 3 is 0.779 bits per heavy atom. The first-order valence-corrected chi connectivity index (χ1v) is 41.8. The van der Waals surface area contributed by atoms with Crippen molar-refractivity contribution in [3.8, 4) is 94.7 Å². The molecule has 122 heavy (non-hydrogen) atoms. The first-order valence-electron chi connectivity index (χ1n) is 41.8. The van der Waals surface area contributed by atoms with Crippen LogP contribution in [0.5, 0.6) is 0 Å². The largest absolute Gasteiger partial charge is 0.456 e. The quantitative estimate of drug-likeness (QED) is 0.120. The predicted molar refractivity (Wildman–Crippen MR) is 507 cm³/mol. The smallest absolute Gasteiger partial charge is 0.252 e. The molecular weight excluding hydrogens is 1490 g/mol. The molecule has 0 saturated carbocycles. The van der Waals surface area contributed by atoms with Crippen LogP contribution in [0.4, 0.5) is 34.1 Å². The van der Waals surface area contributed by atoms with Gasteiger partial charge < -0.3 is 32.0 Å². The van der Waals surface area contributed by atoms with Crippen LogP contribution in [-0.4, -0.2) is 11.3 Å². The maximum absolute atomic E-state index is 6.65. The summed E-state index contributed by atoms with van der Waals surface area (Å²) >= 11 is 0. The van der Waals surface area contributed by atoms with Gasteiger partial charge in [0.2, 0.25) is 0 Å². The third-order valence-electron chi connectivity index (χ3n) is 25.9. The first kappa shape index (κ1) is 68.0. The number of fused-ring (bicyclic) bond motifs is 19. The van der Waals surface area contributed by atoms with Gasteiger partial charge in [-0.25, -0.2) is 0 Å². The predicted octanol–water partition coefficient (Wildman–Crippen LogP) is 29.8. The van der Waals surface area contributed by atoms with Crippen molar-refractivity contribution in [3.05, 3.63) is 413 Å². The van der Waals surface area contributed by atoms with Crippen molar-refractivity contribution >= 4 is 167 Å². The molecule has 2 aliphatic rings. The van der Waals surface area contributed by atoms with E-state index in [0.717, 1.165) is 228 Å². The Hall–Kier alpha value is -16.2. The molecule has 0 aliphatic carbocycles. The van der Waals surface area contributed by atoms with E-state index < -0.39 is 0 Å². The zero-order valence-corrected chi connectivity index (χ0v) is 65.8. The molecule has 26 rings (SSSR count). The van der Waals surface area contributed by atoms with Crippen LogP contribution in [0.1, 0.15) is 0 Å². The molecule has 0 atom stereocenters. The van der Waals surface area contributed by atoms with E-state index in [0.29, 0.717) is 0 Å². The second-order valence-electron chi connectivity index (χ2n) is 32.3. The topological polar surface area (TPSA) is 64.0 Å². The summed E-state index contributed by atoms with van der Waals surface area (Å²) in [5, 5.41) is 11.2. The molecule has 7 nitrogen and oxygen atoms in total. The van der Waals surface area contributed by atoms with Gasteiger partial charge in [-0.2, -0.15) is 0 Å². The van der Waals surface area contributed by atoms with Gasteiger partial charge in [0.15, 0.2) is 0 Å². The number of para-hydroxylation sites is 6. The molecule has 0 amide bonds. The van der Waals surface area contributed by atoms with E-state index in [-0.39, 0.29) is 6.71 Å². The lowest BCUT2D eigenvalue weighted by molar-refractivity contribution is 0.668. The molecule has 2 aliphatic heterocycles. The van der Waals surface area contributed by atoms with Crippen LogP contribution in [0.15, 0.2) is 430 Å². The number of benzene rings is 19. The van der Waals surface area contributed by atoms with Crippen LogP contribution >= 0.6 is 0 Å². The number of hydrogen-bond donors (Lipinski definition) is 0. The Morgan fingerprint density at radius 1 is 0.180 bits per heavy atom.